The van der Waals surface area contributed by atoms with Crippen LogP contribution in [0.25, 0.3) is 0 Å². The summed E-state index contributed by atoms with van der Waals surface area (Å²) in [4.78, 5) is 9.81. The van der Waals surface area contributed by atoms with Crippen molar-refractivity contribution in [3.63, 3.8) is 0 Å². The summed E-state index contributed by atoms with van der Waals surface area (Å²) in [6.45, 7) is 0. The highest BCUT2D eigenvalue weighted by Crippen LogP contribution is 2.42. The Morgan fingerprint density at radius 3 is 2.43 bits per heavy atom. The Bertz CT molecular complexity index is 713. The third-order valence-electron chi connectivity index (χ3n) is 2.94. The van der Waals surface area contributed by atoms with Crippen LogP contribution in [0.1, 0.15) is 17.5 Å². The van der Waals surface area contributed by atoms with Gasteiger partial charge in [0.05, 0.1) is 4.92 Å². The second kappa shape index (κ2) is 4.83. The molecule has 6 nitrogen and oxygen atoms in total. The summed E-state index contributed by atoms with van der Waals surface area (Å²) in [5.41, 5.74) is -6.63. The lowest BCUT2D eigenvalue weighted by molar-refractivity contribution is -0.386. The van der Waals surface area contributed by atoms with Gasteiger partial charge in [0.25, 0.3) is 5.75 Å². The zero-order valence-corrected chi connectivity index (χ0v) is 10.9. The molecule has 0 aliphatic heterocycles. The largest absolute Gasteiger partial charge is 0.534 e. The minimum absolute atomic E-state index is 0.00576. The molecule has 0 saturated carbocycles. The first-order valence-corrected chi connectivity index (χ1v) is 6.95. The number of nitrogens with zero attached hydrogens (tertiary/aromatic N) is 1. The average Bonchev–Trinajstić information content (AvgIpc) is 2.74. The van der Waals surface area contributed by atoms with Crippen molar-refractivity contribution in [1.82, 2.24) is 0 Å². The molecular weight excluding hydrogens is 322 g/mol. The molecular formula is C10H7F4NO5S. The first-order valence-electron chi connectivity index (χ1n) is 5.54. The van der Waals surface area contributed by atoms with Crippen molar-refractivity contribution >= 4 is 15.8 Å². The fourth-order valence-corrected chi connectivity index (χ4v) is 2.57. The van der Waals surface area contributed by atoms with Gasteiger partial charge in [0.15, 0.2) is 5.82 Å². The van der Waals surface area contributed by atoms with E-state index >= 15 is 0 Å². The first-order chi connectivity index (χ1) is 9.54. The topological polar surface area (TPSA) is 86.5 Å². The highest BCUT2D eigenvalue weighted by molar-refractivity contribution is 7.88. The Morgan fingerprint density at radius 2 is 1.90 bits per heavy atom. The molecule has 0 radical (unpaired) electrons. The van der Waals surface area contributed by atoms with Gasteiger partial charge in [-0.05, 0) is 30.9 Å². The third-order valence-corrected chi connectivity index (χ3v) is 3.89. The fourth-order valence-electron chi connectivity index (χ4n) is 2.09. The van der Waals surface area contributed by atoms with Crippen LogP contribution in [0, 0.1) is 15.9 Å². The van der Waals surface area contributed by atoms with Gasteiger partial charge >= 0.3 is 21.3 Å². The lowest BCUT2D eigenvalue weighted by Crippen LogP contribution is -2.28. The molecule has 0 atom stereocenters. The van der Waals surface area contributed by atoms with E-state index in [1.54, 1.807) is 0 Å². The van der Waals surface area contributed by atoms with E-state index in [-0.39, 0.29) is 17.5 Å². The van der Waals surface area contributed by atoms with Crippen LogP contribution in [-0.2, 0) is 23.0 Å². The van der Waals surface area contributed by atoms with Gasteiger partial charge in [-0.1, -0.05) is 0 Å². The second-order valence-electron chi connectivity index (χ2n) is 4.27. The Labute approximate surface area is 115 Å². The van der Waals surface area contributed by atoms with Crippen LogP contribution < -0.4 is 4.18 Å². The molecule has 0 heterocycles. The van der Waals surface area contributed by atoms with Crippen molar-refractivity contribution in [2.24, 2.45) is 0 Å². The van der Waals surface area contributed by atoms with E-state index in [0.717, 1.165) is 6.07 Å². The van der Waals surface area contributed by atoms with Gasteiger partial charge in [0.1, 0.15) is 0 Å². The highest BCUT2D eigenvalue weighted by atomic mass is 32.2. The molecule has 0 bridgehead atoms. The molecule has 0 fully saturated rings. The summed E-state index contributed by atoms with van der Waals surface area (Å²) in [5, 5.41) is 11.0. The zero-order chi connectivity index (χ0) is 16.0. The summed E-state index contributed by atoms with van der Waals surface area (Å²) in [5.74, 6) is -3.05. The molecule has 0 spiro atoms. The van der Waals surface area contributed by atoms with Gasteiger partial charge in [-0.25, -0.2) is 4.39 Å². The molecule has 11 heteroatoms. The third kappa shape index (κ3) is 2.64. The molecule has 0 saturated heterocycles. The number of hydrogen-bond donors (Lipinski definition) is 0. The maximum Gasteiger partial charge on any atom is 0.534 e. The van der Waals surface area contributed by atoms with Crippen molar-refractivity contribution in [3.8, 4) is 5.75 Å². The zero-order valence-electron chi connectivity index (χ0n) is 10.1. The van der Waals surface area contributed by atoms with E-state index in [2.05, 4.69) is 4.18 Å². The van der Waals surface area contributed by atoms with Crippen molar-refractivity contribution in [2.75, 3.05) is 0 Å². The van der Waals surface area contributed by atoms with Crippen molar-refractivity contribution < 1.29 is 35.1 Å². The van der Waals surface area contributed by atoms with Gasteiger partial charge in [0.2, 0.25) is 0 Å². The van der Waals surface area contributed by atoms with Crippen LogP contribution in [0.3, 0.4) is 0 Å². The number of hydrogen-bond acceptors (Lipinski definition) is 5. The van der Waals surface area contributed by atoms with Crippen LogP contribution in [0.5, 0.6) is 5.75 Å². The van der Waals surface area contributed by atoms with E-state index in [1.165, 1.54) is 0 Å². The number of rotatable bonds is 3. The summed E-state index contributed by atoms with van der Waals surface area (Å²) >= 11 is 0. The Morgan fingerprint density at radius 1 is 1.29 bits per heavy atom. The molecule has 116 valence electrons. The monoisotopic (exact) mass is 329 g/mol. The number of nitro benzene ring substituents is 1. The Kier molecular flexibility index (Phi) is 3.56. The minimum Gasteiger partial charge on any atom is -0.365 e. The standard InChI is InChI=1S/C10H7F4NO5S/c11-7-4-5-2-1-3-6(5)8(15(16)17)9(7)20-21(18,19)10(12,13)14/h4H,1-3H2. The molecule has 0 N–H and O–H groups in total. The van der Waals surface area contributed by atoms with E-state index in [9.17, 15) is 36.1 Å². The molecule has 0 unspecified atom stereocenters. The fraction of sp³-hybridized carbons (Fsp3) is 0.400. The molecule has 1 aliphatic rings. The van der Waals surface area contributed by atoms with E-state index in [0.29, 0.717) is 12.8 Å². The molecule has 0 aromatic heterocycles. The molecule has 1 aliphatic carbocycles. The van der Waals surface area contributed by atoms with Gasteiger partial charge in [-0.3, -0.25) is 10.1 Å². The van der Waals surface area contributed by atoms with Gasteiger partial charge in [-0.15, -0.1) is 0 Å². The predicted molar refractivity (Wildman–Crippen MR) is 60.7 cm³/mol. The van der Waals surface area contributed by atoms with Crippen molar-refractivity contribution in [1.29, 1.82) is 0 Å². The quantitative estimate of drug-likeness (QED) is 0.279. The summed E-state index contributed by atoms with van der Waals surface area (Å²) < 4.78 is 75.9. The number of fused-ring (bicyclic) bond motifs is 1. The SMILES string of the molecule is O=[N+]([O-])c1c2c(cc(F)c1OS(=O)(=O)C(F)(F)F)CCC2. The Balaban J connectivity index is 2.62. The highest BCUT2D eigenvalue weighted by Gasteiger charge is 2.50. The molecule has 21 heavy (non-hydrogen) atoms. The number of halogens is 4. The van der Waals surface area contributed by atoms with Gasteiger partial charge < -0.3 is 4.18 Å². The maximum absolute atomic E-state index is 13.7. The van der Waals surface area contributed by atoms with E-state index in [4.69, 9.17) is 0 Å². The van der Waals surface area contributed by atoms with Crippen LogP contribution >= 0.6 is 0 Å². The van der Waals surface area contributed by atoms with E-state index < -0.39 is 37.8 Å². The minimum atomic E-state index is -6.19. The van der Waals surface area contributed by atoms with Crippen LogP contribution in [-0.4, -0.2) is 18.8 Å². The predicted octanol–water partition coefficient (Wildman–Crippen LogP) is 2.45. The van der Waals surface area contributed by atoms with Gasteiger partial charge in [0, 0.05) is 5.56 Å². The van der Waals surface area contributed by atoms with Crippen LogP contribution in [0.4, 0.5) is 23.2 Å². The molecule has 2 rings (SSSR count). The Hall–Kier alpha value is -1.91. The second-order valence-corrected chi connectivity index (χ2v) is 5.81. The summed E-state index contributed by atoms with van der Waals surface area (Å²) in [6, 6.07) is 0.760. The number of alkyl halides is 3. The first kappa shape index (κ1) is 15.5. The molecule has 1 aromatic rings. The van der Waals surface area contributed by atoms with Gasteiger partial charge in [-0.2, -0.15) is 21.6 Å². The number of aryl methyl sites for hydroxylation is 1. The summed E-state index contributed by atoms with van der Waals surface area (Å²) in [6.07, 6.45) is 0.902. The van der Waals surface area contributed by atoms with Crippen LogP contribution in [0.15, 0.2) is 6.07 Å². The average molecular weight is 329 g/mol. The number of benzene rings is 1. The van der Waals surface area contributed by atoms with Crippen LogP contribution in [0.2, 0.25) is 0 Å². The van der Waals surface area contributed by atoms with Crippen molar-refractivity contribution in [3.05, 3.63) is 33.1 Å². The summed E-state index contributed by atoms with van der Waals surface area (Å²) in [7, 11) is -6.19. The van der Waals surface area contributed by atoms with Crippen molar-refractivity contribution in [2.45, 2.75) is 24.8 Å². The molecule has 0 amide bonds. The number of nitro groups is 1. The lowest BCUT2D eigenvalue weighted by Gasteiger charge is -2.12. The maximum atomic E-state index is 13.7. The smallest absolute Gasteiger partial charge is 0.365 e. The normalized spacial score (nSPS) is 14.9. The lowest BCUT2D eigenvalue weighted by atomic mass is 10.1. The molecule has 1 aromatic carbocycles. The van der Waals surface area contributed by atoms with E-state index in [1.807, 2.05) is 0 Å².